The lowest BCUT2D eigenvalue weighted by molar-refractivity contribution is -0.128. The monoisotopic (exact) mass is 392 g/mol. The summed E-state index contributed by atoms with van der Waals surface area (Å²) in [6, 6.07) is 13.6. The Labute approximate surface area is 172 Å². The van der Waals surface area contributed by atoms with Gasteiger partial charge in [0.05, 0.1) is 0 Å². The molecular formula is C23H28N4O2. The van der Waals surface area contributed by atoms with Crippen molar-refractivity contribution in [2.24, 2.45) is 0 Å². The summed E-state index contributed by atoms with van der Waals surface area (Å²) in [5.41, 5.74) is 1.67. The van der Waals surface area contributed by atoms with Crippen molar-refractivity contribution in [3.63, 3.8) is 0 Å². The molecule has 0 N–H and O–H groups in total. The Morgan fingerprint density at radius 3 is 2.38 bits per heavy atom. The van der Waals surface area contributed by atoms with Gasteiger partial charge in [-0.25, -0.2) is 4.98 Å². The highest BCUT2D eigenvalue weighted by atomic mass is 16.2. The van der Waals surface area contributed by atoms with E-state index >= 15 is 0 Å². The summed E-state index contributed by atoms with van der Waals surface area (Å²) in [6.45, 7) is 5.52. The van der Waals surface area contributed by atoms with E-state index in [1.807, 2.05) is 42.6 Å². The molecule has 2 amide bonds. The molecule has 0 aliphatic carbocycles. The van der Waals surface area contributed by atoms with Gasteiger partial charge < -0.3 is 4.90 Å². The normalized spacial score (nSPS) is 17.9. The molecule has 1 fully saturated rings. The molecule has 1 aromatic heterocycles. The molecule has 152 valence electrons. The van der Waals surface area contributed by atoms with Gasteiger partial charge in [0.15, 0.2) is 0 Å². The van der Waals surface area contributed by atoms with Gasteiger partial charge in [-0.1, -0.05) is 24.3 Å². The smallest absolute Gasteiger partial charge is 0.260 e. The molecule has 6 nitrogen and oxygen atoms in total. The van der Waals surface area contributed by atoms with Gasteiger partial charge in [0.25, 0.3) is 5.91 Å². The molecule has 29 heavy (non-hydrogen) atoms. The van der Waals surface area contributed by atoms with Gasteiger partial charge in [-0.3, -0.25) is 19.4 Å². The number of amides is 2. The maximum absolute atomic E-state index is 12.8. The third-order valence-corrected chi connectivity index (χ3v) is 5.85. The third kappa shape index (κ3) is 4.65. The van der Waals surface area contributed by atoms with Crippen molar-refractivity contribution < 1.29 is 9.59 Å². The Morgan fingerprint density at radius 2 is 1.59 bits per heavy atom. The van der Waals surface area contributed by atoms with Crippen molar-refractivity contribution in [2.45, 2.75) is 25.7 Å². The van der Waals surface area contributed by atoms with Crippen molar-refractivity contribution >= 4 is 17.6 Å². The topological polar surface area (TPSA) is 56.8 Å². The number of hydrogen-bond acceptors (Lipinski definition) is 5. The molecule has 0 unspecified atom stereocenters. The molecule has 1 saturated heterocycles. The number of rotatable bonds is 6. The number of pyridine rings is 1. The summed E-state index contributed by atoms with van der Waals surface area (Å²) in [5.74, 6) is 0.868. The van der Waals surface area contributed by atoms with Gasteiger partial charge in [-0.2, -0.15) is 0 Å². The molecule has 2 aliphatic heterocycles. The fourth-order valence-corrected chi connectivity index (χ4v) is 4.16. The van der Waals surface area contributed by atoms with Crippen molar-refractivity contribution in [3.8, 4) is 0 Å². The number of nitrogens with zero attached hydrogens (tertiary/aromatic N) is 4. The maximum atomic E-state index is 12.8. The lowest BCUT2D eigenvalue weighted by Crippen LogP contribution is -2.47. The zero-order valence-corrected chi connectivity index (χ0v) is 16.8. The summed E-state index contributed by atoms with van der Waals surface area (Å²) >= 11 is 0. The van der Waals surface area contributed by atoms with Crippen LogP contribution < -0.4 is 4.90 Å². The van der Waals surface area contributed by atoms with Crippen LogP contribution in [0.15, 0.2) is 48.7 Å². The zero-order valence-electron chi connectivity index (χ0n) is 16.8. The van der Waals surface area contributed by atoms with Gasteiger partial charge in [0.1, 0.15) is 5.82 Å². The summed E-state index contributed by atoms with van der Waals surface area (Å²) < 4.78 is 0. The third-order valence-electron chi connectivity index (χ3n) is 5.85. The molecule has 1 aromatic carbocycles. The molecule has 0 radical (unpaired) electrons. The second-order valence-corrected chi connectivity index (χ2v) is 7.73. The van der Waals surface area contributed by atoms with Gasteiger partial charge in [-0.15, -0.1) is 0 Å². The van der Waals surface area contributed by atoms with Crippen LogP contribution in [0.25, 0.3) is 0 Å². The van der Waals surface area contributed by atoms with Crippen LogP contribution in [-0.2, 0) is 11.2 Å². The van der Waals surface area contributed by atoms with E-state index in [0.717, 1.165) is 56.9 Å². The number of aryl methyl sites for hydroxylation is 1. The number of hydrogen-bond donors (Lipinski definition) is 0. The first-order chi connectivity index (χ1) is 14.2. The highest BCUT2D eigenvalue weighted by molar-refractivity contribution is 6.06. The first-order valence-corrected chi connectivity index (χ1v) is 10.5. The summed E-state index contributed by atoms with van der Waals surface area (Å²) in [6.07, 6.45) is 4.74. The number of benzene rings is 1. The van der Waals surface area contributed by atoms with Crippen LogP contribution in [-0.4, -0.2) is 65.9 Å². The van der Waals surface area contributed by atoms with Gasteiger partial charge in [0, 0.05) is 50.9 Å². The number of unbranched alkanes of at least 4 members (excludes halogenated alkanes) is 1. The molecule has 0 atom stereocenters. The molecule has 4 rings (SSSR count). The molecule has 2 aliphatic rings. The van der Waals surface area contributed by atoms with Gasteiger partial charge in [0.2, 0.25) is 5.91 Å². The van der Waals surface area contributed by atoms with Gasteiger partial charge in [-0.05, 0) is 49.6 Å². The van der Waals surface area contributed by atoms with Crippen molar-refractivity contribution in [1.82, 2.24) is 14.8 Å². The Hall–Kier alpha value is -2.73. The van der Waals surface area contributed by atoms with Crippen LogP contribution in [0.5, 0.6) is 0 Å². The van der Waals surface area contributed by atoms with E-state index in [9.17, 15) is 9.59 Å². The zero-order chi connectivity index (χ0) is 20.1. The van der Waals surface area contributed by atoms with E-state index in [1.54, 1.807) is 0 Å². The highest BCUT2D eigenvalue weighted by Crippen LogP contribution is 2.20. The lowest BCUT2D eigenvalue weighted by Gasteiger charge is -2.35. The second kappa shape index (κ2) is 9.18. The first kappa shape index (κ1) is 19.6. The largest absolute Gasteiger partial charge is 0.354 e. The van der Waals surface area contributed by atoms with Crippen LogP contribution in [0.4, 0.5) is 5.82 Å². The highest BCUT2D eigenvalue weighted by Gasteiger charge is 2.27. The average Bonchev–Trinajstić information content (AvgIpc) is 2.89. The van der Waals surface area contributed by atoms with Crippen molar-refractivity contribution in [3.05, 3.63) is 59.8 Å². The van der Waals surface area contributed by atoms with Crippen LogP contribution in [0.2, 0.25) is 0 Å². The first-order valence-electron chi connectivity index (χ1n) is 10.5. The van der Waals surface area contributed by atoms with E-state index < -0.39 is 0 Å². The Kier molecular flexibility index (Phi) is 6.20. The molecule has 0 bridgehead atoms. The number of aromatic nitrogens is 1. The summed E-state index contributed by atoms with van der Waals surface area (Å²) in [5, 5.41) is 0. The molecule has 6 heteroatoms. The number of piperazine rings is 1. The van der Waals surface area contributed by atoms with E-state index in [-0.39, 0.29) is 11.8 Å². The molecule has 2 aromatic rings. The number of fused-ring (bicyclic) bond motifs is 1. The van der Waals surface area contributed by atoms with Crippen LogP contribution >= 0.6 is 0 Å². The van der Waals surface area contributed by atoms with Crippen LogP contribution in [0.1, 0.15) is 35.2 Å². The number of anilines is 1. The number of carbonyl (C=O) groups excluding carboxylic acids is 2. The average molecular weight is 393 g/mol. The molecular weight excluding hydrogens is 364 g/mol. The predicted octanol–water partition coefficient (Wildman–Crippen LogP) is 2.60. The minimum Gasteiger partial charge on any atom is -0.354 e. The Morgan fingerprint density at radius 1 is 0.828 bits per heavy atom. The van der Waals surface area contributed by atoms with Gasteiger partial charge >= 0.3 is 0 Å². The molecule has 3 heterocycles. The van der Waals surface area contributed by atoms with Crippen LogP contribution in [0.3, 0.4) is 0 Å². The van der Waals surface area contributed by atoms with E-state index in [4.69, 9.17) is 0 Å². The van der Waals surface area contributed by atoms with Crippen LogP contribution in [0, 0.1) is 0 Å². The molecule has 0 saturated carbocycles. The number of imide groups is 1. The van der Waals surface area contributed by atoms with E-state index in [0.29, 0.717) is 24.9 Å². The van der Waals surface area contributed by atoms with E-state index in [2.05, 4.69) is 20.9 Å². The summed E-state index contributed by atoms with van der Waals surface area (Å²) in [4.78, 5) is 35.9. The minimum absolute atomic E-state index is 0.0461. The maximum Gasteiger partial charge on any atom is 0.260 e. The quantitative estimate of drug-likeness (QED) is 0.559. The minimum atomic E-state index is -0.132. The fourth-order valence-electron chi connectivity index (χ4n) is 4.16. The predicted molar refractivity (Wildman–Crippen MR) is 113 cm³/mol. The summed E-state index contributed by atoms with van der Waals surface area (Å²) in [7, 11) is 0. The Bertz CT molecular complexity index is 847. The SMILES string of the molecule is O=C1CCc2ccccc2C(=O)N1CCCCN1CCN(c2ccccn2)CC1. The van der Waals surface area contributed by atoms with E-state index in [1.165, 1.54) is 4.90 Å². The second-order valence-electron chi connectivity index (χ2n) is 7.73. The molecule has 0 spiro atoms. The standard InChI is InChI=1S/C23H28N4O2/c28-22-11-10-19-7-1-2-8-20(19)23(29)27(22)14-6-5-13-25-15-17-26(18-16-25)21-9-3-4-12-24-21/h1-4,7-9,12H,5-6,10-11,13-18H2. The number of carbonyl (C=O) groups is 2. The fraction of sp³-hybridized carbons (Fsp3) is 0.435. The lowest BCUT2D eigenvalue weighted by atomic mass is 10.0. The van der Waals surface area contributed by atoms with Crippen molar-refractivity contribution in [1.29, 1.82) is 0 Å². The Balaban J connectivity index is 1.23. The van der Waals surface area contributed by atoms with Crippen molar-refractivity contribution in [2.75, 3.05) is 44.2 Å².